The molecule has 0 saturated heterocycles. The quantitative estimate of drug-likeness (QED) is 0.365. The van der Waals surface area contributed by atoms with Crippen LogP contribution in [0, 0.1) is 30.6 Å². The second-order valence-electron chi connectivity index (χ2n) is 9.86. The van der Waals surface area contributed by atoms with Crippen LogP contribution in [0.5, 0.6) is 5.75 Å². The number of carbonyl (C=O) groups excluding carboxylic acids is 1. The number of benzene rings is 1. The predicted molar refractivity (Wildman–Crippen MR) is 122 cm³/mol. The summed E-state index contributed by atoms with van der Waals surface area (Å²) in [5.74, 6) is 3.25. The summed E-state index contributed by atoms with van der Waals surface area (Å²) in [6, 6.07) is 3.21. The predicted octanol–water partition coefficient (Wildman–Crippen LogP) is 8.32. The fourth-order valence-corrected chi connectivity index (χ4v) is 6.15. The molecule has 2 saturated carbocycles. The topological polar surface area (TPSA) is 26.3 Å². The first kappa shape index (κ1) is 24.2. The number of ether oxygens (including phenoxy) is 1. The molecule has 0 amide bonds. The van der Waals surface area contributed by atoms with E-state index in [4.69, 9.17) is 4.74 Å². The van der Waals surface area contributed by atoms with Gasteiger partial charge in [-0.1, -0.05) is 32.6 Å². The van der Waals surface area contributed by atoms with Gasteiger partial charge in [0.15, 0.2) is 5.78 Å². The van der Waals surface area contributed by atoms with Crippen LogP contribution >= 0.6 is 0 Å². The Labute approximate surface area is 187 Å². The zero-order chi connectivity index (χ0) is 22.4. The zero-order valence-electron chi connectivity index (χ0n) is 19.6. The molecule has 2 aliphatic rings. The van der Waals surface area contributed by atoms with Crippen molar-refractivity contribution in [3.05, 3.63) is 28.8 Å². The van der Waals surface area contributed by atoms with Crippen molar-refractivity contribution in [1.29, 1.82) is 0 Å². The Hall–Kier alpha value is -1.45. The van der Waals surface area contributed by atoms with Crippen LogP contribution in [-0.4, -0.2) is 12.4 Å². The molecule has 3 rings (SSSR count). The molecular weight excluding hydrogens is 394 g/mol. The Bertz CT molecular complexity index is 714. The molecule has 4 heteroatoms. The van der Waals surface area contributed by atoms with Crippen molar-refractivity contribution in [2.45, 2.75) is 97.8 Å². The van der Waals surface area contributed by atoms with E-state index in [9.17, 15) is 13.6 Å². The van der Waals surface area contributed by atoms with Gasteiger partial charge in [-0.05, 0) is 93.7 Å². The highest BCUT2D eigenvalue weighted by molar-refractivity contribution is 5.98. The molecule has 0 aliphatic heterocycles. The number of alkyl halides is 2. The van der Waals surface area contributed by atoms with E-state index in [0.717, 1.165) is 30.6 Å². The molecule has 0 N–H and O–H groups in total. The van der Waals surface area contributed by atoms with E-state index in [1.165, 1.54) is 57.4 Å². The van der Waals surface area contributed by atoms with Crippen LogP contribution in [0.15, 0.2) is 12.1 Å². The van der Waals surface area contributed by atoms with Crippen LogP contribution in [-0.2, 0) is 0 Å². The van der Waals surface area contributed by atoms with Crippen LogP contribution in [0.2, 0.25) is 0 Å². The minimum atomic E-state index is -2.64. The molecule has 1 aromatic rings. The smallest absolute Gasteiger partial charge is 0.267 e. The molecule has 2 fully saturated rings. The van der Waals surface area contributed by atoms with E-state index < -0.39 is 6.43 Å². The van der Waals surface area contributed by atoms with Crippen molar-refractivity contribution < 1.29 is 18.3 Å². The lowest BCUT2D eigenvalue weighted by Gasteiger charge is -2.37. The lowest BCUT2D eigenvalue weighted by Crippen LogP contribution is -2.26. The van der Waals surface area contributed by atoms with Gasteiger partial charge >= 0.3 is 0 Å². The maximum absolute atomic E-state index is 13.6. The Morgan fingerprint density at radius 1 is 0.968 bits per heavy atom. The molecule has 2 aliphatic carbocycles. The van der Waals surface area contributed by atoms with Gasteiger partial charge in [-0.25, -0.2) is 8.78 Å². The Balaban J connectivity index is 1.54. The summed E-state index contributed by atoms with van der Waals surface area (Å²) in [7, 11) is 0. The van der Waals surface area contributed by atoms with Crippen molar-refractivity contribution in [3.8, 4) is 5.75 Å². The summed E-state index contributed by atoms with van der Waals surface area (Å²) in [5.41, 5.74) is 0.689. The number of rotatable bonds is 9. The summed E-state index contributed by atoms with van der Waals surface area (Å²) in [5, 5.41) is 0. The number of ketones is 1. The molecule has 31 heavy (non-hydrogen) atoms. The fourth-order valence-electron chi connectivity index (χ4n) is 6.15. The molecule has 1 aromatic carbocycles. The molecule has 0 aromatic heterocycles. The minimum absolute atomic E-state index is 0.00553. The third-order valence-corrected chi connectivity index (χ3v) is 7.91. The number of Topliss-reactive ketones (excluding diaryl/α,β-unsaturated/α-hetero) is 1. The van der Waals surface area contributed by atoms with E-state index >= 15 is 0 Å². The molecule has 0 radical (unpaired) electrons. The summed E-state index contributed by atoms with van der Waals surface area (Å²) < 4.78 is 32.6. The van der Waals surface area contributed by atoms with Crippen LogP contribution in [0.4, 0.5) is 8.78 Å². The first-order valence-corrected chi connectivity index (χ1v) is 12.5. The third-order valence-electron chi connectivity index (χ3n) is 7.91. The standard InChI is InChI=1S/C27H40F2O2/c1-4-6-19-7-11-21(12-8-19)22-13-9-20(10-14-22)17-24(30)23-15-16-25(31-5-2)26(18(23)3)27(28)29/h15-16,19-22,27H,4-14,17H2,1-3H3. The van der Waals surface area contributed by atoms with E-state index in [1.807, 2.05) is 0 Å². The normalized spacial score (nSPS) is 26.8. The average Bonchev–Trinajstić information content (AvgIpc) is 2.75. The van der Waals surface area contributed by atoms with Crippen molar-refractivity contribution >= 4 is 5.78 Å². The van der Waals surface area contributed by atoms with Gasteiger partial charge in [0, 0.05) is 12.0 Å². The summed E-state index contributed by atoms with van der Waals surface area (Å²) in [6.07, 6.45) is 10.8. The Kier molecular flexibility index (Phi) is 8.92. The highest BCUT2D eigenvalue weighted by atomic mass is 19.3. The molecule has 174 valence electrons. The van der Waals surface area contributed by atoms with Gasteiger partial charge < -0.3 is 4.74 Å². The Morgan fingerprint density at radius 2 is 1.55 bits per heavy atom. The summed E-state index contributed by atoms with van der Waals surface area (Å²) in [6.45, 7) is 6.02. The molecule has 0 heterocycles. The van der Waals surface area contributed by atoms with E-state index in [0.29, 0.717) is 30.1 Å². The highest BCUT2D eigenvalue weighted by Gasteiger charge is 2.32. The van der Waals surface area contributed by atoms with Crippen LogP contribution in [0.25, 0.3) is 0 Å². The van der Waals surface area contributed by atoms with Gasteiger partial charge in [0.2, 0.25) is 0 Å². The number of carbonyl (C=O) groups is 1. The van der Waals surface area contributed by atoms with Gasteiger partial charge in [0.05, 0.1) is 12.2 Å². The monoisotopic (exact) mass is 434 g/mol. The van der Waals surface area contributed by atoms with Gasteiger partial charge in [-0.2, -0.15) is 0 Å². The second kappa shape index (κ2) is 11.4. The van der Waals surface area contributed by atoms with Crippen LogP contribution < -0.4 is 4.74 Å². The summed E-state index contributed by atoms with van der Waals surface area (Å²) >= 11 is 0. The van der Waals surface area contributed by atoms with Gasteiger partial charge in [-0.3, -0.25) is 4.79 Å². The second-order valence-corrected chi connectivity index (χ2v) is 9.86. The Morgan fingerprint density at radius 3 is 2.06 bits per heavy atom. The number of halogens is 2. The number of hydrogen-bond donors (Lipinski definition) is 0. The number of hydrogen-bond acceptors (Lipinski definition) is 2. The van der Waals surface area contributed by atoms with Crippen molar-refractivity contribution in [3.63, 3.8) is 0 Å². The SMILES string of the molecule is CCCC1CCC(C2CCC(CC(=O)c3ccc(OCC)c(C(F)F)c3C)CC2)CC1. The first-order valence-electron chi connectivity index (χ1n) is 12.5. The van der Waals surface area contributed by atoms with Crippen molar-refractivity contribution in [1.82, 2.24) is 0 Å². The van der Waals surface area contributed by atoms with Crippen molar-refractivity contribution in [2.75, 3.05) is 6.61 Å². The molecule has 2 nitrogen and oxygen atoms in total. The minimum Gasteiger partial charge on any atom is -0.493 e. The fraction of sp³-hybridized carbons (Fsp3) is 0.741. The lowest BCUT2D eigenvalue weighted by molar-refractivity contribution is 0.0918. The van der Waals surface area contributed by atoms with Crippen molar-refractivity contribution in [2.24, 2.45) is 23.7 Å². The molecule has 0 spiro atoms. The van der Waals surface area contributed by atoms with Gasteiger partial charge in [0.25, 0.3) is 6.43 Å². The van der Waals surface area contributed by atoms with E-state index in [1.54, 1.807) is 19.9 Å². The average molecular weight is 435 g/mol. The van der Waals surface area contributed by atoms with Crippen LogP contribution in [0.3, 0.4) is 0 Å². The maximum atomic E-state index is 13.6. The van der Waals surface area contributed by atoms with Crippen LogP contribution in [0.1, 0.15) is 112 Å². The first-order chi connectivity index (χ1) is 14.9. The highest BCUT2D eigenvalue weighted by Crippen LogP contribution is 2.43. The largest absolute Gasteiger partial charge is 0.493 e. The zero-order valence-corrected chi connectivity index (χ0v) is 19.6. The molecule has 0 bridgehead atoms. The summed E-state index contributed by atoms with van der Waals surface area (Å²) in [4.78, 5) is 13.0. The maximum Gasteiger partial charge on any atom is 0.267 e. The van der Waals surface area contributed by atoms with E-state index in [-0.39, 0.29) is 17.1 Å². The third kappa shape index (κ3) is 6.08. The van der Waals surface area contributed by atoms with Gasteiger partial charge in [-0.15, -0.1) is 0 Å². The van der Waals surface area contributed by atoms with E-state index in [2.05, 4.69) is 6.92 Å². The molecular formula is C27H40F2O2. The van der Waals surface area contributed by atoms with Gasteiger partial charge in [0.1, 0.15) is 5.75 Å². The molecule has 0 atom stereocenters. The molecule has 0 unspecified atom stereocenters. The lowest BCUT2D eigenvalue weighted by atomic mass is 9.68.